The smallest absolute Gasteiger partial charge is 0.255 e. The zero-order valence-electron chi connectivity index (χ0n) is 12.3. The number of aryl methyl sites for hydroxylation is 1. The number of ether oxygens (including phenoxy) is 1. The van der Waals surface area contributed by atoms with E-state index < -0.39 is 5.91 Å². The second kappa shape index (κ2) is 6.79. The summed E-state index contributed by atoms with van der Waals surface area (Å²) in [5, 5.41) is 3.47. The summed E-state index contributed by atoms with van der Waals surface area (Å²) in [5.41, 5.74) is 8.38. The lowest BCUT2D eigenvalue weighted by Gasteiger charge is -2.18. The summed E-state index contributed by atoms with van der Waals surface area (Å²) < 4.78 is 5.29. The van der Waals surface area contributed by atoms with Crippen LogP contribution in [0.25, 0.3) is 0 Å². The number of hydrogen-bond donors (Lipinski definition) is 2. The Bertz CT molecular complexity index is 611. The molecule has 3 N–H and O–H groups in total. The Morgan fingerprint density at radius 1 is 1.24 bits per heavy atom. The van der Waals surface area contributed by atoms with E-state index >= 15 is 0 Å². The molecule has 21 heavy (non-hydrogen) atoms. The minimum atomic E-state index is -0.479. The Morgan fingerprint density at radius 3 is 2.57 bits per heavy atom. The lowest BCUT2D eigenvalue weighted by Crippen LogP contribution is -2.20. The van der Waals surface area contributed by atoms with E-state index in [1.807, 2.05) is 43.3 Å². The highest BCUT2D eigenvalue weighted by molar-refractivity contribution is 5.75. The van der Waals surface area contributed by atoms with Gasteiger partial charge in [-0.25, -0.2) is 0 Å². The Balaban J connectivity index is 2.05. The lowest BCUT2D eigenvalue weighted by molar-refractivity contribution is -0.119. The van der Waals surface area contributed by atoms with Crippen LogP contribution < -0.4 is 15.8 Å². The third-order valence-electron chi connectivity index (χ3n) is 3.25. The molecular weight excluding hydrogens is 264 g/mol. The molecular formula is C17H20N2O2. The van der Waals surface area contributed by atoms with Gasteiger partial charge in [-0.3, -0.25) is 4.79 Å². The van der Waals surface area contributed by atoms with Crippen molar-refractivity contribution in [3.63, 3.8) is 0 Å². The van der Waals surface area contributed by atoms with Crippen LogP contribution in [0.4, 0.5) is 5.69 Å². The monoisotopic (exact) mass is 284 g/mol. The Kier molecular flexibility index (Phi) is 4.82. The molecule has 0 saturated heterocycles. The number of carbonyl (C=O) groups is 1. The molecule has 0 unspecified atom stereocenters. The second-order valence-electron chi connectivity index (χ2n) is 5.01. The first-order valence-electron chi connectivity index (χ1n) is 6.89. The van der Waals surface area contributed by atoms with E-state index in [2.05, 4.69) is 24.4 Å². The van der Waals surface area contributed by atoms with Crippen LogP contribution in [0.3, 0.4) is 0 Å². The van der Waals surface area contributed by atoms with E-state index in [1.165, 1.54) is 5.56 Å². The summed E-state index contributed by atoms with van der Waals surface area (Å²) in [4.78, 5) is 10.7. The molecule has 0 aliphatic carbocycles. The van der Waals surface area contributed by atoms with Crippen molar-refractivity contribution in [1.29, 1.82) is 0 Å². The molecule has 4 heteroatoms. The Labute approximate surface area is 124 Å². The largest absolute Gasteiger partial charge is 0.484 e. The van der Waals surface area contributed by atoms with Crippen LogP contribution in [-0.4, -0.2) is 12.5 Å². The average molecular weight is 284 g/mol. The molecule has 0 spiro atoms. The van der Waals surface area contributed by atoms with E-state index in [4.69, 9.17) is 10.5 Å². The van der Waals surface area contributed by atoms with Crippen LogP contribution in [-0.2, 0) is 4.79 Å². The lowest BCUT2D eigenvalue weighted by atomic mass is 10.1. The number of rotatable bonds is 6. The standard InChI is InChI=1S/C17H20N2O2/c1-12-10-15(21-11-17(18)20)8-9-16(12)19-13(2)14-6-4-3-5-7-14/h3-10,13,19H,11H2,1-2H3,(H2,18,20)/t13-/m1/s1. The molecule has 0 heterocycles. The maximum absolute atomic E-state index is 10.7. The van der Waals surface area contributed by atoms with Crippen molar-refractivity contribution >= 4 is 11.6 Å². The number of nitrogens with one attached hydrogen (secondary N) is 1. The third kappa shape index (κ3) is 4.24. The molecule has 110 valence electrons. The minimum Gasteiger partial charge on any atom is -0.484 e. The molecule has 0 aliphatic heterocycles. The van der Waals surface area contributed by atoms with Gasteiger partial charge in [0, 0.05) is 11.7 Å². The molecule has 0 radical (unpaired) electrons. The van der Waals surface area contributed by atoms with Crippen LogP contribution in [0.5, 0.6) is 5.75 Å². The van der Waals surface area contributed by atoms with Gasteiger partial charge in [-0.05, 0) is 43.2 Å². The van der Waals surface area contributed by atoms with Crippen LogP contribution in [0, 0.1) is 6.92 Å². The number of carbonyl (C=O) groups excluding carboxylic acids is 1. The number of primary amides is 1. The van der Waals surface area contributed by atoms with Crippen LogP contribution in [0.2, 0.25) is 0 Å². The summed E-state index contributed by atoms with van der Waals surface area (Å²) in [6, 6.07) is 16.1. The van der Waals surface area contributed by atoms with Crippen LogP contribution >= 0.6 is 0 Å². The van der Waals surface area contributed by atoms with Crippen LogP contribution in [0.15, 0.2) is 48.5 Å². The molecule has 2 aromatic rings. The van der Waals surface area contributed by atoms with Crippen LogP contribution in [0.1, 0.15) is 24.1 Å². The van der Waals surface area contributed by atoms with Gasteiger partial charge in [0.05, 0.1) is 0 Å². The number of nitrogens with two attached hydrogens (primary N) is 1. The topological polar surface area (TPSA) is 64.3 Å². The van der Waals surface area contributed by atoms with Crippen molar-refractivity contribution in [2.24, 2.45) is 5.73 Å². The normalized spacial score (nSPS) is 11.7. The molecule has 1 atom stereocenters. The highest BCUT2D eigenvalue weighted by atomic mass is 16.5. The van der Waals surface area contributed by atoms with Gasteiger partial charge in [0.2, 0.25) is 0 Å². The highest BCUT2D eigenvalue weighted by Crippen LogP contribution is 2.25. The molecule has 0 aliphatic rings. The molecule has 0 saturated carbocycles. The molecule has 4 nitrogen and oxygen atoms in total. The van der Waals surface area contributed by atoms with E-state index in [0.29, 0.717) is 5.75 Å². The van der Waals surface area contributed by atoms with E-state index in [-0.39, 0.29) is 12.6 Å². The molecule has 0 bridgehead atoms. The Hall–Kier alpha value is -2.49. The number of amides is 1. The van der Waals surface area contributed by atoms with E-state index in [0.717, 1.165) is 11.3 Å². The van der Waals surface area contributed by atoms with E-state index in [1.54, 1.807) is 0 Å². The summed E-state index contributed by atoms with van der Waals surface area (Å²) in [6.45, 7) is 4.01. The quantitative estimate of drug-likeness (QED) is 0.857. The van der Waals surface area contributed by atoms with Gasteiger partial charge < -0.3 is 15.8 Å². The third-order valence-corrected chi connectivity index (χ3v) is 3.25. The van der Waals surface area contributed by atoms with Crippen molar-refractivity contribution in [3.8, 4) is 5.75 Å². The van der Waals surface area contributed by atoms with Crippen molar-refractivity contribution in [3.05, 3.63) is 59.7 Å². The van der Waals surface area contributed by atoms with Gasteiger partial charge in [-0.2, -0.15) is 0 Å². The second-order valence-corrected chi connectivity index (χ2v) is 5.01. The first kappa shape index (κ1) is 14.9. The van der Waals surface area contributed by atoms with Gasteiger partial charge in [0.1, 0.15) is 5.75 Å². The maximum Gasteiger partial charge on any atom is 0.255 e. The zero-order valence-corrected chi connectivity index (χ0v) is 12.3. The fourth-order valence-electron chi connectivity index (χ4n) is 2.10. The van der Waals surface area contributed by atoms with Gasteiger partial charge in [-0.15, -0.1) is 0 Å². The predicted octanol–water partition coefficient (Wildman–Crippen LogP) is 3.03. The Morgan fingerprint density at radius 2 is 1.95 bits per heavy atom. The molecule has 2 rings (SSSR count). The molecule has 0 aromatic heterocycles. The summed E-state index contributed by atoms with van der Waals surface area (Å²) in [7, 11) is 0. The van der Waals surface area contributed by atoms with Crippen molar-refractivity contribution in [2.45, 2.75) is 19.9 Å². The summed E-state index contributed by atoms with van der Waals surface area (Å²) in [6.07, 6.45) is 0. The van der Waals surface area contributed by atoms with Crippen molar-refractivity contribution in [1.82, 2.24) is 0 Å². The van der Waals surface area contributed by atoms with Crippen molar-refractivity contribution < 1.29 is 9.53 Å². The predicted molar refractivity (Wildman–Crippen MR) is 84.3 cm³/mol. The van der Waals surface area contributed by atoms with Gasteiger partial charge in [-0.1, -0.05) is 30.3 Å². The molecule has 0 fully saturated rings. The first-order valence-corrected chi connectivity index (χ1v) is 6.89. The number of anilines is 1. The maximum atomic E-state index is 10.7. The first-order chi connectivity index (χ1) is 10.1. The van der Waals surface area contributed by atoms with E-state index in [9.17, 15) is 4.79 Å². The summed E-state index contributed by atoms with van der Waals surface area (Å²) in [5.74, 6) is 0.164. The van der Waals surface area contributed by atoms with Crippen molar-refractivity contribution in [2.75, 3.05) is 11.9 Å². The number of hydrogen-bond acceptors (Lipinski definition) is 3. The van der Waals surface area contributed by atoms with Gasteiger partial charge in [0.15, 0.2) is 6.61 Å². The van der Waals surface area contributed by atoms with Gasteiger partial charge >= 0.3 is 0 Å². The number of benzene rings is 2. The minimum absolute atomic E-state index is 0.105. The highest BCUT2D eigenvalue weighted by Gasteiger charge is 2.07. The fourth-order valence-corrected chi connectivity index (χ4v) is 2.10. The average Bonchev–Trinajstić information content (AvgIpc) is 2.48. The zero-order chi connectivity index (χ0) is 15.2. The summed E-state index contributed by atoms with van der Waals surface area (Å²) >= 11 is 0. The van der Waals surface area contributed by atoms with Gasteiger partial charge in [0.25, 0.3) is 5.91 Å². The molecule has 2 aromatic carbocycles. The molecule has 1 amide bonds. The fraction of sp³-hybridized carbons (Fsp3) is 0.235. The SMILES string of the molecule is Cc1cc(OCC(N)=O)ccc1N[C@H](C)c1ccccc1.